The topological polar surface area (TPSA) is 73.9 Å². The van der Waals surface area contributed by atoms with Crippen LogP contribution >= 0.6 is 0 Å². The highest BCUT2D eigenvalue weighted by atomic mass is 32.2. The highest BCUT2D eigenvalue weighted by molar-refractivity contribution is 7.90. The van der Waals surface area contributed by atoms with Gasteiger partial charge >= 0.3 is 0 Å². The highest BCUT2D eigenvalue weighted by Crippen LogP contribution is 2.39. The van der Waals surface area contributed by atoms with Gasteiger partial charge in [-0.05, 0) is 55.0 Å². The summed E-state index contributed by atoms with van der Waals surface area (Å²) in [6, 6.07) is 11.4. The van der Waals surface area contributed by atoms with Crippen LogP contribution in [0.2, 0.25) is 0 Å². The minimum atomic E-state index is -1.08. The number of benzene rings is 2. The molecule has 1 heterocycles. The zero-order valence-electron chi connectivity index (χ0n) is 18.3. The van der Waals surface area contributed by atoms with Crippen LogP contribution in [0.15, 0.2) is 36.4 Å². The van der Waals surface area contributed by atoms with E-state index in [1.807, 2.05) is 48.2 Å². The first-order chi connectivity index (χ1) is 15.0. The molecule has 1 amide bonds. The summed E-state index contributed by atoms with van der Waals surface area (Å²) >= 11 is -1.08. The van der Waals surface area contributed by atoms with Crippen molar-refractivity contribution in [1.82, 2.24) is 4.90 Å². The summed E-state index contributed by atoms with van der Waals surface area (Å²) in [5.74, 6) is 2.34. The molecule has 166 valence electrons. The molecule has 0 saturated heterocycles. The lowest BCUT2D eigenvalue weighted by molar-refractivity contribution is 0.0718. The molecule has 1 fully saturated rings. The minimum Gasteiger partial charge on any atom is -0.616 e. The van der Waals surface area contributed by atoms with Gasteiger partial charge in [-0.15, -0.1) is 0 Å². The second-order valence-corrected chi connectivity index (χ2v) is 9.68. The number of nitrogens with one attached hydrogen (secondary N) is 1. The molecule has 1 aliphatic carbocycles. The fourth-order valence-corrected chi connectivity index (χ4v) is 4.93. The summed E-state index contributed by atoms with van der Waals surface area (Å²) in [5.41, 5.74) is 3.55. The third kappa shape index (κ3) is 4.77. The Bertz CT molecular complexity index is 945. The van der Waals surface area contributed by atoms with Crippen molar-refractivity contribution in [3.63, 3.8) is 0 Å². The first-order valence-corrected chi connectivity index (χ1v) is 12.5. The number of methoxy groups -OCH3 is 1. The lowest BCUT2D eigenvalue weighted by Crippen LogP contribution is -2.34. The van der Waals surface area contributed by atoms with E-state index in [1.54, 1.807) is 13.4 Å². The average Bonchev–Trinajstić information content (AvgIpc) is 3.53. The fourth-order valence-electron chi connectivity index (χ4n) is 4.12. The van der Waals surface area contributed by atoms with Gasteiger partial charge in [0.15, 0.2) is 11.5 Å². The number of fused-ring (bicyclic) bond motifs is 1. The second kappa shape index (κ2) is 9.40. The van der Waals surface area contributed by atoms with Crippen LogP contribution in [0.1, 0.15) is 47.3 Å². The lowest BCUT2D eigenvalue weighted by atomic mass is 10.1. The molecule has 7 heteroatoms. The highest BCUT2D eigenvalue weighted by Gasteiger charge is 2.37. The maximum atomic E-state index is 13.5. The van der Waals surface area contributed by atoms with Crippen LogP contribution < -0.4 is 14.8 Å². The van der Waals surface area contributed by atoms with E-state index < -0.39 is 11.2 Å². The van der Waals surface area contributed by atoms with Gasteiger partial charge in [-0.3, -0.25) is 4.79 Å². The number of hydrogen-bond donors (Lipinski definition) is 1. The minimum absolute atomic E-state index is 0.0156. The van der Waals surface area contributed by atoms with Gasteiger partial charge in [0, 0.05) is 18.8 Å². The predicted molar refractivity (Wildman–Crippen MR) is 123 cm³/mol. The lowest BCUT2D eigenvalue weighted by Gasteiger charge is -2.28. The Hall–Kier alpha value is -2.38. The van der Waals surface area contributed by atoms with Crippen molar-refractivity contribution in [2.24, 2.45) is 5.92 Å². The number of rotatable bonds is 10. The van der Waals surface area contributed by atoms with Gasteiger partial charge in [0.25, 0.3) is 5.91 Å². The van der Waals surface area contributed by atoms with Gasteiger partial charge in [0.1, 0.15) is 11.8 Å². The standard InChI is InChI=1S/C24H30N2O4S/c1-4-30-22-12-17(10-11-21(22)29-2)20(15-31(3)28)26-14-18-6-5-7-19(23(18)24(26)27)25-13-16-8-9-16/h5-7,10-12,16,20,25H,4,8-9,13-15H2,1-3H3/t20?,31-/m0/s1. The number of carbonyl (C=O) groups is 1. The molecule has 0 radical (unpaired) electrons. The summed E-state index contributed by atoms with van der Waals surface area (Å²) in [7, 11) is 1.60. The molecule has 0 aromatic heterocycles. The summed E-state index contributed by atoms with van der Waals surface area (Å²) in [6.07, 6.45) is 4.19. The van der Waals surface area contributed by atoms with Gasteiger partial charge in [0.05, 0.1) is 25.5 Å². The SMILES string of the molecule is CCOc1cc(C(C[S@+](C)[O-])N2Cc3cccc(NCC4CC4)c3C2=O)ccc1OC. The van der Waals surface area contributed by atoms with Gasteiger partial charge in [0.2, 0.25) is 0 Å². The molecule has 4 rings (SSSR count). The Morgan fingerprint density at radius 2 is 2.06 bits per heavy atom. The van der Waals surface area contributed by atoms with Gasteiger partial charge in [-0.1, -0.05) is 29.4 Å². The van der Waals surface area contributed by atoms with Crippen LogP contribution in [0, 0.1) is 5.92 Å². The molecule has 6 nitrogen and oxygen atoms in total. The third-order valence-electron chi connectivity index (χ3n) is 5.89. The first-order valence-electron chi connectivity index (χ1n) is 10.8. The molecule has 1 saturated carbocycles. The quantitative estimate of drug-likeness (QED) is 0.563. The van der Waals surface area contributed by atoms with E-state index in [0.29, 0.717) is 30.4 Å². The van der Waals surface area contributed by atoms with E-state index in [1.165, 1.54) is 12.8 Å². The van der Waals surface area contributed by atoms with Crippen molar-refractivity contribution in [2.75, 3.05) is 37.6 Å². The van der Waals surface area contributed by atoms with Crippen molar-refractivity contribution >= 4 is 22.8 Å². The largest absolute Gasteiger partial charge is 0.616 e. The molecule has 0 spiro atoms. The Kier molecular flexibility index (Phi) is 6.62. The number of carbonyl (C=O) groups excluding carboxylic acids is 1. The maximum absolute atomic E-state index is 13.5. The molecule has 31 heavy (non-hydrogen) atoms. The molecule has 2 atom stereocenters. The normalized spacial score (nSPS) is 17.3. The number of hydrogen-bond acceptors (Lipinski definition) is 5. The summed E-state index contributed by atoms with van der Waals surface area (Å²) < 4.78 is 23.4. The molecule has 1 unspecified atom stereocenters. The van der Waals surface area contributed by atoms with Crippen LogP contribution in [0.4, 0.5) is 5.69 Å². The van der Waals surface area contributed by atoms with Crippen molar-refractivity contribution in [2.45, 2.75) is 32.4 Å². The van der Waals surface area contributed by atoms with Crippen LogP contribution in [0.25, 0.3) is 0 Å². The molecule has 1 N–H and O–H groups in total. The predicted octanol–water partition coefficient (Wildman–Crippen LogP) is 3.99. The maximum Gasteiger partial charge on any atom is 0.257 e. The van der Waals surface area contributed by atoms with Gasteiger partial charge in [-0.25, -0.2) is 0 Å². The monoisotopic (exact) mass is 442 g/mol. The Morgan fingerprint density at radius 3 is 2.74 bits per heavy atom. The van der Waals surface area contributed by atoms with Gasteiger partial charge in [-0.2, -0.15) is 0 Å². The van der Waals surface area contributed by atoms with Crippen molar-refractivity contribution in [3.8, 4) is 11.5 Å². The van der Waals surface area contributed by atoms with Crippen molar-refractivity contribution < 1.29 is 18.8 Å². The zero-order valence-corrected chi connectivity index (χ0v) is 19.2. The Morgan fingerprint density at radius 1 is 1.26 bits per heavy atom. The Balaban J connectivity index is 1.64. The van der Waals surface area contributed by atoms with Crippen molar-refractivity contribution in [1.29, 1.82) is 0 Å². The van der Waals surface area contributed by atoms with E-state index in [2.05, 4.69) is 5.32 Å². The number of anilines is 1. The van der Waals surface area contributed by atoms with E-state index >= 15 is 0 Å². The van der Waals surface area contributed by atoms with E-state index in [4.69, 9.17) is 9.47 Å². The Labute approximate surface area is 187 Å². The molecule has 2 aromatic carbocycles. The number of ether oxygens (including phenoxy) is 2. The molecule has 1 aliphatic heterocycles. The number of amides is 1. The van der Waals surface area contributed by atoms with Crippen molar-refractivity contribution in [3.05, 3.63) is 53.1 Å². The number of nitrogens with zero attached hydrogens (tertiary/aromatic N) is 1. The second-order valence-electron chi connectivity index (χ2n) is 8.20. The average molecular weight is 443 g/mol. The first kappa shape index (κ1) is 21.8. The van der Waals surface area contributed by atoms with E-state index in [-0.39, 0.29) is 11.9 Å². The molecule has 2 aromatic rings. The van der Waals surface area contributed by atoms with Crippen LogP contribution in [-0.4, -0.2) is 47.6 Å². The molecular formula is C24H30N2O4S. The zero-order chi connectivity index (χ0) is 22.0. The van der Waals surface area contributed by atoms with Crippen LogP contribution in [-0.2, 0) is 17.7 Å². The molecular weight excluding hydrogens is 412 g/mol. The van der Waals surface area contributed by atoms with E-state index in [9.17, 15) is 9.35 Å². The smallest absolute Gasteiger partial charge is 0.257 e. The summed E-state index contributed by atoms with van der Waals surface area (Å²) in [6.45, 7) is 3.84. The van der Waals surface area contributed by atoms with E-state index in [0.717, 1.165) is 34.8 Å². The fraction of sp³-hybridized carbons (Fsp3) is 0.458. The third-order valence-corrected chi connectivity index (χ3v) is 6.67. The molecule has 0 bridgehead atoms. The molecule has 2 aliphatic rings. The van der Waals surface area contributed by atoms with Gasteiger partial charge < -0.3 is 24.2 Å². The summed E-state index contributed by atoms with van der Waals surface area (Å²) in [4.78, 5) is 15.4. The van der Waals surface area contributed by atoms with Crippen LogP contribution in [0.5, 0.6) is 11.5 Å². The summed E-state index contributed by atoms with van der Waals surface area (Å²) in [5, 5.41) is 3.47. The van der Waals surface area contributed by atoms with Crippen LogP contribution in [0.3, 0.4) is 0 Å².